The zero-order valence-corrected chi connectivity index (χ0v) is 30.7. The number of ether oxygens (including phenoxy) is 2. The lowest BCUT2D eigenvalue weighted by Crippen LogP contribution is -2.31. The summed E-state index contributed by atoms with van der Waals surface area (Å²) in [6.45, 7) is 15.7. The monoisotopic (exact) mass is 732 g/mol. The normalized spacial score (nSPS) is 26.9. The number of benzene rings is 2. The molecular formula is C39H46Br2N2O2. The van der Waals surface area contributed by atoms with E-state index in [2.05, 4.69) is 150 Å². The van der Waals surface area contributed by atoms with Crippen LogP contribution in [0.3, 0.4) is 0 Å². The summed E-state index contributed by atoms with van der Waals surface area (Å²) < 4.78 is 13.8. The van der Waals surface area contributed by atoms with Gasteiger partial charge in [0, 0.05) is 11.1 Å². The third-order valence-electron chi connectivity index (χ3n) is 10.7. The van der Waals surface area contributed by atoms with Crippen molar-refractivity contribution in [2.75, 3.05) is 14.2 Å². The van der Waals surface area contributed by atoms with E-state index in [1.54, 1.807) is 14.2 Å². The highest BCUT2D eigenvalue weighted by Crippen LogP contribution is 2.75. The Morgan fingerprint density at radius 1 is 0.844 bits per heavy atom. The number of fused-ring (bicyclic) bond motifs is 1. The molecule has 2 aromatic carbocycles. The summed E-state index contributed by atoms with van der Waals surface area (Å²) in [4.78, 5) is 0. The third kappa shape index (κ3) is 5.75. The first-order valence-corrected chi connectivity index (χ1v) is 17.6. The summed E-state index contributed by atoms with van der Waals surface area (Å²) in [5.41, 5.74) is 7.31. The van der Waals surface area contributed by atoms with Gasteiger partial charge in [-0.3, -0.25) is 0 Å². The Morgan fingerprint density at radius 2 is 1.36 bits per heavy atom. The standard InChI is InChI=1S/C39H46Br2N2O2/c1-9-39-17-16-27(39)28(39)22-38(5,6)24-19-26(36(45-8)30(41)21-24)32-13-11-15-34(43-32)33-14-10-12-31(42-33)25-18-23(37(2,3)4)20-29(40)35(25)44-7/h9-15,18-21,27-28,31-32,42-43H,1,16-17,22H2,2-8H3/t27?,28-,31?,32?,39+/m0/s1. The van der Waals surface area contributed by atoms with E-state index < -0.39 is 0 Å². The largest absolute Gasteiger partial charge is 0.495 e. The van der Waals surface area contributed by atoms with Crippen LogP contribution in [0.25, 0.3) is 0 Å². The van der Waals surface area contributed by atoms with E-state index in [-0.39, 0.29) is 22.9 Å². The first-order chi connectivity index (χ1) is 21.3. The van der Waals surface area contributed by atoms with E-state index in [1.807, 2.05) is 0 Å². The van der Waals surface area contributed by atoms with Gasteiger partial charge in [-0.25, -0.2) is 0 Å². The summed E-state index contributed by atoms with van der Waals surface area (Å²) in [5, 5.41) is 7.59. The summed E-state index contributed by atoms with van der Waals surface area (Å²) in [7, 11) is 3.49. The van der Waals surface area contributed by atoms with Gasteiger partial charge in [0.25, 0.3) is 0 Å². The molecule has 2 heterocycles. The zero-order valence-electron chi connectivity index (χ0n) is 27.6. The summed E-state index contributed by atoms with van der Waals surface area (Å²) >= 11 is 7.64. The molecule has 4 aliphatic rings. The maximum atomic E-state index is 5.99. The highest BCUT2D eigenvalue weighted by molar-refractivity contribution is 9.11. The van der Waals surface area contributed by atoms with Gasteiger partial charge in [-0.15, -0.1) is 6.58 Å². The third-order valence-corrected chi connectivity index (χ3v) is 11.8. The fourth-order valence-electron chi connectivity index (χ4n) is 7.76. The second-order valence-corrected chi connectivity index (χ2v) is 16.5. The molecule has 3 unspecified atom stereocenters. The molecule has 2 aliphatic carbocycles. The molecule has 0 bridgehead atoms. The highest BCUT2D eigenvalue weighted by atomic mass is 79.9. The molecule has 6 rings (SSSR count). The molecule has 6 heteroatoms. The van der Waals surface area contributed by atoms with Crippen molar-refractivity contribution in [2.45, 2.75) is 76.8 Å². The van der Waals surface area contributed by atoms with Crippen LogP contribution in [0.5, 0.6) is 11.5 Å². The number of hydrogen-bond acceptors (Lipinski definition) is 4. The van der Waals surface area contributed by atoms with Crippen molar-refractivity contribution in [1.29, 1.82) is 0 Å². The first-order valence-electron chi connectivity index (χ1n) is 16.0. The number of hydrogen-bond donors (Lipinski definition) is 2. The van der Waals surface area contributed by atoms with Gasteiger partial charge >= 0.3 is 0 Å². The SMILES string of the molecule is C=C[C@@]12CCC1[C@@H]2CC(C)(C)c1cc(Br)c(OC)c(C2C=CC=C(C3=CC=CC(c4cc(C(C)(C)C)cc(Br)c4OC)N3)N2)c1. The maximum absolute atomic E-state index is 5.99. The minimum atomic E-state index is -0.0522. The van der Waals surface area contributed by atoms with Crippen LogP contribution in [-0.2, 0) is 10.8 Å². The lowest BCUT2D eigenvalue weighted by Gasteiger charge is -2.32. The van der Waals surface area contributed by atoms with E-state index in [1.165, 1.54) is 30.4 Å². The van der Waals surface area contributed by atoms with Crippen LogP contribution in [0.2, 0.25) is 0 Å². The van der Waals surface area contributed by atoms with Crippen LogP contribution < -0.4 is 20.1 Å². The molecular weight excluding hydrogens is 688 g/mol. The summed E-state index contributed by atoms with van der Waals surface area (Å²) in [6, 6.07) is 8.94. The number of dihydropyridines is 2. The van der Waals surface area contributed by atoms with Crippen LogP contribution in [-0.4, -0.2) is 14.2 Å². The molecule has 2 N–H and O–H groups in total. The van der Waals surface area contributed by atoms with Crippen molar-refractivity contribution in [3.8, 4) is 11.5 Å². The Hall–Kier alpha value is -2.70. The van der Waals surface area contributed by atoms with Crippen molar-refractivity contribution >= 4 is 31.9 Å². The lowest BCUT2D eigenvalue weighted by molar-refractivity contribution is 0.359. The van der Waals surface area contributed by atoms with Crippen molar-refractivity contribution in [2.24, 2.45) is 17.3 Å². The van der Waals surface area contributed by atoms with Gasteiger partial charge in [0.05, 0.1) is 46.6 Å². The summed E-state index contributed by atoms with van der Waals surface area (Å²) in [6.07, 6.45) is 19.0. The Morgan fingerprint density at radius 3 is 1.78 bits per heavy atom. The van der Waals surface area contributed by atoms with Gasteiger partial charge in [-0.05, 0) is 127 Å². The van der Waals surface area contributed by atoms with E-state index >= 15 is 0 Å². The molecule has 0 aromatic heterocycles. The van der Waals surface area contributed by atoms with Crippen molar-refractivity contribution in [3.05, 3.63) is 116 Å². The Labute approximate surface area is 286 Å². The molecule has 0 radical (unpaired) electrons. The topological polar surface area (TPSA) is 42.5 Å². The molecule has 238 valence electrons. The molecule has 0 amide bonds. The molecule has 4 nitrogen and oxygen atoms in total. The molecule has 2 aromatic rings. The predicted molar refractivity (Wildman–Crippen MR) is 193 cm³/mol. The van der Waals surface area contributed by atoms with E-state index in [4.69, 9.17) is 9.47 Å². The van der Waals surface area contributed by atoms with Gasteiger partial charge in [-0.1, -0.05) is 65.0 Å². The Balaban J connectivity index is 1.25. The van der Waals surface area contributed by atoms with Crippen LogP contribution in [0.1, 0.15) is 88.2 Å². The quantitative estimate of drug-likeness (QED) is 0.252. The lowest BCUT2D eigenvalue weighted by atomic mass is 9.77. The van der Waals surface area contributed by atoms with E-state index in [9.17, 15) is 0 Å². The second kappa shape index (κ2) is 11.8. The molecule has 0 spiro atoms. The fraction of sp³-hybridized carbons (Fsp3) is 0.436. The molecule has 2 fully saturated rings. The molecule has 0 saturated heterocycles. The maximum Gasteiger partial charge on any atom is 0.138 e. The zero-order chi connectivity index (χ0) is 32.3. The first kappa shape index (κ1) is 32.2. The van der Waals surface area contributed by atoms with Gasteiger partial charge in [0.15, 0.2) is 0 Å². The highest BCUT2D eigenvalue weighted by Gasteiger charge is 2.68. The average molecular weight is 735 g/mol. The van der Waals surface area contributed by atoms with E-state index in [0.717, 1.165) is 54.8 Å². The van der Waals surface area contributed by atoms with Gasteiger partial charge in [0.1, 0.15) is 11.5 Å². The minimum absolute atomic E-state index is 0.00777. The van der Waals surface area contributed by atoms with E-state index in [0.29, 0.717) is 5.41 Å². The molecule has 2 aliphatic heterocycles. The number of allylic oxidation sites excluding steroid dienone is 5. The van der Waals surface area contributed by atoms with Crippen molar-refractivity contribution in [1.82, 2.24) is 10.6 Å². The number of rotatable bonds is 9. The minimum Gasteiger partial charge on any atom is -0.495 e. The van der Waals surface area contributed by atoms with Crippen LogP contribution in [0.4, 0.5) is 0 Å². The fourth-order valence-corrected chi connectivity index (χ4v) is 9.04. The summed E-state index contributed by atoms with van der Waals surface area (Å²) in [5.74, 6) is 3.29. The Bertz CT molecular complexity index is 1640. The number of methoxy groups -OCH3 is 2. The van der Waals surface area contributed by atoms with Gasteiger partial charge in [0.2, 0.25) is 0 Å². The van der Waals surface area contributed by atoms with Crippen molar-refractivity contribution < 1.29 is 9.47 Å². The molecule has 2 saturated carbocycles. The van der Waals surface area contributed by atoms with Gasteiger partial charge < -0.3 is 20.1 Å². The predicted octanol–water partition coefficient (Wildman–Crippen LogP) is 10.3. The Kier molecular flexibility index (Phi) is 8.48. The average Bonchev–Trinajstić information content (AvgIpc) is 3.44. The molecule has 5 atom stereocenters. The van der Waals surface area contributed by atoms with Crippen LogP contribution in [0.15, 0.2) is 93.7 Å². The number of halogens is 2. The second-order valence-electron chi connectivity index (χ2n) is 14.7. The van der Waals surface area contributed by atoms with Crippen LogP contribution in [0, 0.1) is 17.3 Å². The number of nitrogens with one attached hydrogen (secondary N) is 2. The van der Waals surface area contributed by atoms with Gasteiger partial charge in [-0.2, -0.15) is 0 Å². The van der Waals surface area contributed by atoms with Crippen molar-refractivity contribution in [3.63, 3.8) is 0 Å². The smallest absolute Gasteiger partial charge is 0.138 e. The molecule has 45 heavy (non-hydrogen) atoms. The van der Waals surface area contributed by atoms with Crippen LogP contribution >= 0.6 is 31.9 Å².